The van der Waals surface area contributed by atoms with Gasteiger partial charge in [-0.05, 0) is 36.4 Å². The molecule has 0 radical (unpaired) electrons. The third kappa shape index (κ3) is 3.30. The minimum atomic E-state index is -0.518. The van der Waals surface area contributed by atoms with E-state index in [9.17, 15) is 9.59 Å². The number of nitrogens with two attached hydrogens (primary N) is 1. The zero-order chi connectivity index (χ0) is 14.5. The molecular weight excluding hydrogens is 274 g/mol. The summed E-state index contributed by atoms with van der Waals surface area (Å²) in [6.07, 6.45) is 0. The number of nitrogens with one attached hydrogen (secondary N) is 1. The van der Waals surface area contributed by atoms with Crippen LogP contribution in [-0.4, -0.2) is 11.9 Å². The summed E-state index contributed by atoms with van der Waals surface area (Å²) in [7, 11) is 0. The first-order valence-electron chi connectivity index (χ1n) is 5.83. The third-order valence-electron chi connectivity index (χ3n) is 2.61. The fourth-order valence-electron chi connectivity index (χ4n) is 1.58. The number of carbonyl (C=O) groups excluding carboxylic acids is 2. The summed E-state index contributed by atoms with van der Waals surface area (Å²) in [6.45, 7) is 0. The summed E-state index contributed by atoms with van der Waals surface area (Å²) in [5, 5.41) is 2.70. The summed E-state index contributed by atoms with van der Waals surface area (Å²) in [4.78, 5) is 22.9. The summed E-state index contributed by atoms with van der Waals surface area (Å²) >= 11 is 4.14. The van der Waals surface area contributed by atoms with Gasteiger partial charge in [-0.2, -0.15) is 0 Å². The minimum Gasteiger partial charge on any atom is -0.366 e. The molecule has 0 spiro atoms. The Bertz CT molecular complexity index is 614. The quantitative estimate of drug-likeness (QED) is 0.759. The van der Waals surface area contributed by atoms with E-state index in [-0.39, 0.29) is 0 Å². The first-order valence-corrected chi connectivity index (χ1v) is 6.23. The van der Waals surface area contributed by atoms with Gasteiger partial charge in [-0.1, -0.05) is 31.0 Å². The molecule has 5 nitrogen and oxygen atoms in total. The number of nitrogens with zero attached hydrogens (tertiary/aromatic N) is 1. The number of thiol groups is 1. The molecule has 0 unspecified atom stereocenters. The molecule has 20 heavy (non-hydrogen) atoms. The molecule has 2 aromatic rings. The van der Waals surface area contributed by atoms with Gasteiger partial charge in [0.2, 0.25) is 5.91 Å². The van der Waals surface area contributed by atoms with Crippen LogP contribution in [0.4, 0.5) is 16.2 Å². The van der Waals surface area contributed by atoms with Crippen molar-refractivity contribution in [2.75, 3.05) is 9.62 Å². The molecule has 0 aliphatic rings. The van der Waals surface area contributed by atoms with Crippen LogP contribution in [0.5, 0.6) is 0 Å². The van der Waals surface area contributed by atoms with Gasteiger partial charge in [0, 0.05) is 11.3 Å². The molecule has 0 saturated carbocycles. The number of primary amides is 1. The zero-order valence-corrected chi connectivity index (χ0v) is 11.4. The fraction of sp³-hybridized carbons (Fsp3) is 0. The molecule has 6 heteroatoms. The second-order valence-electron chi connectivity index (χ2n) is 4.02. The Kier molecular flexibility index (Phi) is 4.27. The van der Waals surface area contributed by atoms with Crippen LogP contribution < -0.4 is 15.4 Å². The second kappa shape index (κ2) is 6.12. The predicted molar refractivity (Wildman–Crippen MR) is 81.9 cm³/mol. The molecule has 0 atom stereocenters. The van der Waals surface area contributed by atoms with Crippen molar-refractivity contribution in [2.24, 2.45) is 5.73 Å². The van der Waals surface area contributed by atoms with Crippen LogP contribution in [0.3, 0.4) is 0 Å². The van der Waals surface area contributed by atoms with Crippen LogP contribution in [0.1, 0.15) is 10.4 Å². The maximum Gasteiger partial charge on any atom is 0.336 e. The van der Waals surface area contributed by atoms with Gasteiger partial charge >= 0.3 is 6.03 Å². The highest BCUT2D eigenvalue weighted by atomic mass is 32.1. The van der Waals surface area contributed by atoms with Crippen LogP contribution >= 0.6 is 12.8 Å². The highest BCUT2D eigenvalue weighted by Crippen LogP contribution is 2.18. The van der Waals surface area contributed by atoms with E-state index in [4.69, 9.17) is 5.73 Å². The highest BCUT2D eigenvalue weighted by Gasteiger charge is 2.12. The number of hydrogen-bond donors (Lipinski definition) is 3. The Labute approximate surface area is 121 Å². The molecule has 3 amide bonds. The van der Waals surface area contributed by atoms with Crippen molar-refractivity contribution in [3.63, 3.8) is 0 Å². The number of amides is 3. The van der Waals surface area contributed by atoms with Crippen LogP contribution in [0, 0.1) is 0 Å². The van der Waals surface area contributed by atoms with Gasteiger partial charge in [-0.15, -0.1) is 0 Å². The number of carbonyl (C=O) groups is 2. The number of benzene rings is 2. The second-order valence-corrected chi connectivity index (χ2v) is 4.42. The predicted octanol–water partition coefficient (Wildman–Crippen LogP) is 2.67. The van der Waals surface area contributed by atoms with Crippen molar-refractivity contribution in [3.05, 3.63) is 60.2 Å². The summed E-state index contributed by atoms with van der Waals surface area (Å²) in [5.41, 5.74) is 6.73. The van der Waals surface area contributed by atoms with Crippen molar-refractivity contribution in [1.29, 1.82) is 0 Å². The average molecular weight is 287 g/mol. The van der Waals surface area contributed by atoms with Crippen LogP contribution in [-0.2, 0) is 0 Å². The third-order valence-corrected chi connectivity index (χ3v) is 3.03. The molecule has 0 aliphatic heterocycles. The SMILES string of the molecule is NC(=O)c1ccc(N(S)C(=O)Nc2ccccc2)cc1. The molecule has 2 rings (SSSR count). The maximum atomic E-state index is 12.0. The van der Waals surface area contributed by atoms with Gasteiger partial charge in [0.05, 0.1) is 5.69 Å². The Morgan fingerprint density at radius 1 is 1.00 bits per heavy atom. The van der Waals surface area contributed by atoms with E-state index >= 15 is 0 Å². The standard InChI is InChI=1S/C14H13N3O2S/c15-13(18)10-6-8-12(9-7-10)17(20)14(19)16-11-4-2-1-3-5-11/h1-9,20H,(H2,15,18)(H,16,19). The van der Waals surface area contributed by atoms with Crippen molar-refractivity contribution >= 4 is 36.1 Å². The molecular formula is C14H13N3O2S. The van der Waals surface area contributed by atoms with E-state index in [1.165, 1.54) is 12.1 Å². The van der Waals surface area contributed by atoms with Crippen LogP contribution in [0.25, 0.3) is 0 Å². The lowest BCUT2D eigenvalue weighted by molar-refractivity contribution is 0.100. The first kappa shape index (κ1) is 14.0. The van der Waals surface area contributed by atoms with Crippen molar-refractivity contribution in [2.45, 2.75) is 0 Å². The van der Waals surface area contributed by atoms with E-state index in [1.54, 1.807) is 24.3 Å². The Morgan fingerprint density at radius 3 is 2.15 bits per heavy atom. The highest BCUT2D eigenvalue weighted by molar-refractivity contribution is 7.82. The van der Waals surface area contributed by atoms with Gasteiger partial charge in [0.15, 0.2) is 0 Å². The van der Waals surface area contributed by atoms with E-state index in [2.05, 4.69) is 18.1 Å². The number of hydrogen-bond acceptors (Lipinski definition) is 3. The van der Waals surface area contributed by atoms with Gasteiger partial charge in [-0.25, -0.2) is 9.10 Å². The lowest BCUT2D eigenvalue weighted by atomic mass is 10.2. The van der Waals surface area contributed by atoms with Gasteiger partial charge in [0.25, 0.3) is 0 Å². The van der Waals surface area contributed by atoms with E-state index in [0.717, 1.165) is 4.31 Å². The smallest absolute Gasteiger partial charge is 0.336 e. The normalized spacial score (nSPS) is 9.85. The largest absolute Gasteiger partial charge is 0.366 e. The number of para-hydroxylation sites is 1. The molecule has 0 aliphatic carbocycles. The topological polar surface area (TPSA) is 75.4 Å². The van der Waals surface area contributed by atoms with Crippen LogP contribution in [0.15, 0.2) is 54.6 Å². The van der Waals surface area contributed by atoms with Gasteiger partial charge < -0.3 is 11.1 Å². The molecule has 0 fully saturated rings. The monoisotopic (exact) mass is 287 g/mol. The van der Waals surface area contributed by atoms with Gasteiger partial charge in [0.1, 0.15) is 0 Å². The Hall–Kier alpha value is -2.47. The summed E-state index contributed by atoms with van der Waals surface area (Å²) in [5.74, 6) is -0.518. The molecule has 0 saturated heterocycles. The van der Waals surface area contributed by atoms with Gasteiger partial charge in [-0.3, -0.25) is 4.79 Å². The molecule has 102 valence electrons. The number of rotatable bonds is 3. The van der Waals surface area contributed by atoms with E-state index < -0.39 is 11.9 Å². The molecule has 3 N–H and O–H groups in total. The molecule has 0 heterocycles. The summed E-state index contributed by atoms with van der Waals surface area (Å²) in [6, 6.07) is 14.9. The zero-order valence-electron chi connectivity index (χ0n) is 10.5. The first-order chi connectivity index (χ1) is 9.58. The Balaban J connectivity index is 2.08. The van der Waals surface area contributed by atoms with E-state index in [1.807, 2.05) is 18.2 Å². The lowest BCUT2D eigenvalue weighted by Crippen LogP contribution is -2.26. The molecule has 0 aromatic heterocycles. The van der Waals surface area contributed by atoms with Crippen molar-refractivity contribution in [3.8, 4) is 0 Å². The Morgan fingerprint density at radius 2 is 1.60 bits per heavy atom. The van der Waals surface area contributed by atoms with Crippen molar-refractivity contribution < 1.29 is 9.59 Å². The molecule has 0 bridgehead atoms. The maximum absolute atomic E-state index is 12.0. The number of anilines is 2. The fourth-order valence-corrected chi connectivity index (χ4v) is 1.77. The summed E-state index contributed by atoms with van der Waals surface area (Å²) < 4.78 is 1.15. The minimum absolute atomic E-state index is 0.374. The van der Waals surface area contributed by atoms with Crippen molar-refractivity contribution in [1.82, 2.24) is 0 Å². The van der Waals surface area contributed by atoms with Crippen LogP contribution in [0.2, 0.25) is 0 Å². The number of urea groups is 1. The van der Waals surface area contributed by atoms with E-state index in [0.29, 0.717) is 16.9 Å². The lowest BCUT2D eigenvalue weighted by Gasteiger charge is -2.16. The average Bonchev–Trinajstić information content (AvgIpc) is 2.47. The molecule has 2 aromatic carbocycles.